The third-order valence-electron chi connectivity index (χ3n) is 10.2. The number of nitrogen functional groups attached to an aromatic ring is 1. The smallest absolute Gasteiger partial charge is 0.409 e. The lowest BCUT2D eigenvalue weighted by atomic mass is 9.83. The number of epoxide rings is 1. The highest BCUT2D eigenvalue weighted by molar-refractivity contribution is 6.34. The summed E-state index contributed by atoms with van der Waals surface area (Å²) in [6.07, 6.45) is 0.762. The molecule has 0 saturated carbocycles. The van der Waals surface area contributed by atoms with E-state index in [1.165, 1.54) is 7.11 Å². The maximum absolute atomic E-state index is 13.1. The van der Waals surface area contributed by atoms with Gasteiger partial charge in [0.2, 0.25) is 0 Å². The lowest BCUT2D eigenvalue weighted by molar-refractivity contribution is -0.158. The number of aliphatic hydroxyl groups is 2. The second-order valence-electron chi connectivity index (χ2n) is 14.3. The third-order valence-corrected chi connectivity index (χ3v) is 10.5. The first-order valence-electron chi connectivity index (χ1n) is 17.1. The van der Waals surface area contributed by atoms with E-state index in [1.807, 2.05) is 45.0 Å². The first-order valence-corrected chi connectivity index (χ1v) is 17.5. The number of hydrogen-bond acceptors (Lipinski definition) is 11. The average Bonchev–Trinajstić information content (AvgIpc) is 3.76. The van der Waals surface area contributed by atoms with Gasteiger partial charge in [-0.05, 0) is 50.1 Å². The molecule has 5 rings (SSSR count). The fraction of sp³-hybridized carbons (Fsp3) is 0.526. The molecule has 13 heteroatoms. The monoisotopic (exact) mass is 727 g/mol. The van der Waals surface area contributed by atoms with Crippen LogP contribution >= 0.6 is 11.6 Å². The van der Waals surface area contributed by atoms with Crippen molar-refractivity contribution >= 4 is 35.0 Å². The zero-order chi connectivity index (χ0) is 37.4. The molecule has 12 nitrogen and oxygen atoms in total. The van der Waals surface area contributed by atoms with E-state index in [2.05, 4.69) is 5.32 Å². The van der Waals surface area contributed by atoms with Crippen LogP contribution in [0.25, 0.3) is 11.1 Å². The quantitative estimate of drug-likeness (QED) is 0.178. The van der Waals surface area contributed by atoms with E-state index in [4.69, 9.17) is 41.0 Å². The summed E-state index contributed by atoms with van der Waals surface area (Å²) >= 11 is 6.76. The highest BCUT2D eigenvalue weighted by atomic mass is 35.5. The van der Waals surface area contributed by atoms with Gasteiger partial charge < -0.3 is 44.5 Å². The van der Waals surface area contributed by atoms with Crippen LogP contribution in [0.15, 0.2) is 54.1 Å². The van der Waals surface area contributed by atoms with E-state index in [9.17, 15) is 19.8 Å². The van der Waals surface area contributed by atoms with E-state index in [-0.39, 0.29) is 12.8 Å². The first-order chi connectivity index (χ1) is 24.0. The lowest BCUT2D eigenvalue weighted by Gasteiger charge is -2.42. The number of nitrogens with zero attached hydrogens (tertiary/aromatic N) is 1. The normalized spacial score (nSPS) is 32.9. The number of nitrogens with one attached hydrogen (secondary N) is 1. The highest BCUT2D eigenvalue weighted by Crippen LogP contribution is 2.50. The minimum Gasteiger partial charge on any atom is -0.496 e. The van der Waals surface area contributed by atoms with Gasteiger partial charge in [-0.15, -0.1) is 0 Å². The summed E-state index contributed by atoms with van der Waals surface area (Å²) in [5.74, 6) is -0.796. The van der Waals surface area contributed by atoms with Crippen molar-refractivity contribution < 1.29 is 43.5 Å². The maximum atomic E-state index is 13.1. The number of fused-ring (bicyclic) bond motifs is 5. The predicted octanol–water partition coefficient (Wildman–Crippen LogP) is 5.36. The number of esters is 1. The van der Waals surface area contributed by atoms with Crippen LogP contribution in [-0.2, 0) is 30.2 Å². The number of carbonyl (C=O) groups is 2. The number of rotatable bonds is 5. The number of halogens is 1. The molecule has 8 atom stereocenters. The van der Waals surface area contributed by atoms with E-state index in [1.54, 1.807) is 57.2 Å². The second kappa shape index (κ2) is 15.0. The summed E-state index contributed by atoms with van der Waals surface area (Å²) in [6.45, 7) is 9.10. The molecule has 1 amide bonds. The summed E-state index contributed by atoms with van der Waals surface area (Å²) in [7, 11) is 4.78. The van der Waals surface area contributed by atoms with Gasteiger partial charge in [0.1, 0.15) is 35.9 Å². The molecule has 2 aromatic carbocycles. The van der Waals surface area contributed by atoms with Crippen molar-refractivity contribution in [1.29, 1.82) is 0 Å². The van der Waals surface area contributed by atoms with Crippen molar-refractivity contribution in [1.82, 2.24) is 5.32 Å². The first kappa shape index (κ1) is 38.4. The number of alkyl carbamates (subject to hydrolysis) is 1. The van der Waals surface area contributed by atoms with Gasteiger partial charge in [0.15, 0.2) is 5.72 Å². The van der Waals surface area contributed by atoms with Gasteiger partial charge in [-0.25, -0.2) is 4.79 Å². The number of allylic oxidation sites excluding steroid dienone is 3. The zero-order valence-electron chi connectivity index (χ0n) is 30.4. The molecule has 0 aliphatic carbocycles. The molecule has 2 saturated heterocycles. The predicted molar refractivity (Wildman–Crippen MR) is 194 cm³/mol. The molecule has 0 radical (unpaired) electrons. The van der Waals surface area contributed by atoms with Crippen LogP contribution in [0, 0.1) is 11.8 Å². The molecule has 5 N–H and O–H groups in total. The number of aliphatic hydroxyl groups excluding tert-OH is 1. The van der Waals surface area contributed by atoms with Gasteiger partial charge >= 0.3 is 12.1 Å². The van der Waals surface area contributed by atoms with Crippen molar-refractivity contribution in [3.05, 3.63) is 64.7 Å². The second-order valence-corrected chi connectivity index (χ2v) is 14.8. The summed E-state index contributed by atoms with van der Waals surface area (Å²) in [5, 5.41) is 26.6. The minimum absolute atomic E-state index is 0.00526. The number of ether oxygens (including phenoxy) is 5. The fourth-order valence-electron chi connectivity index (χ4n) is 7.07. The van der Waals surface area contributed by atoms with E-state index in [0.717, 1.165) is 11.1 Å². The van der Waals surface area contributed by atoms with E-state index in [0.29, 0.717) is 39.7 Å². The van der Waals surface area contributed by atoms with Gasteiger partial charge in [-0.2, -0.15) is 0 Å². The number of benzene rings is 2. The minimum atomic E-state index is -1.78. The third kappa shape index (κ3) is 8.00. The topological polar surface area (TPSA) is 165 Å². The summed E-state index contributed by atoms with van der Waals surface area (Å²) < 4.78 is 29.6. The van der Waals surface area contributed by atoms with Gasteiger partial charge in [-0.3, -0.25) is 10.1 Å². The SMILES string of the molecule is COc1cc2cc(c1-c1ccc(N)cc1Cl)N(C)C(O)C[C@H](OC(=O)C(C)C)[C@]1(C)O[C@H]1[C@H](C)[C@@H]1C[C@@](O)(NC(=O)O1)[C@H](OC)/C=C/C=C(\C)C2. The molecule has 4 bridgehead atoms. The molecule has 51 heavy (non-hydrogen) atoms. The average molecular weight is 728 g/mol. The van der Waals surface area contributed by atoms with Gasteiger partial charge in [0.05, 0.1) is 29.8 Å². The van der Waals surface area contributed by atoms with Gasteiger partial charge in [0, 0.05) is 49.7 Å². The number of carbonyl (C=O) groups excluding carboxylic acids is 2. The van der Waals surface area contributed by atoms with E-state index < -0.39 is 65.9 Å². The molecule has 278 valence electrons. The molecular weight excluding hydrogens is 678 g/mol. The Morgan fingerprint density at radius 3 is 2.59 bits per heavy atom. The molecule has 1 unspecified atom stereocenters. The van der Waals surface area contributed by atoms with E-state index >= 15 is 0 Å². The van der Waals surface area contributed by atoms with Crippen molar-refractivity contribution in [3.8, 4) is 16.9 Å². The van der Waals surface area contributed by atoms with Crippen molar-refractivity contribution in [3.63, 3.8) is 0 Å². The number of anilines is 2. The lowest BCUT2D eigenvalue weighted by Crippen LogP contribution is -2.63. The fourth-order valence-corrected chi connectivity index (χ4v) is 7.35. The number of nitrogens with two attached hydrogens (primary N) is 1. The molecule has 2 aromatic rings. The molecule has 0 spiro atoms. The summed E-state index contributed by atoms with van der Waals surface area (Å²) in [6, 6.07) is 9.11. The largest absolute Gasteiger partial charge is 0.496 e. The van der Waals surface area contributed by atoms with Crippen LogP contribution in [0.5, 0.6) is 5.75 Å². The van der Waals surface area contributed by atoms with Crippen LogP contribution < -0.4 is 20.7 Å². The number of methoxy groups -OCH3 is 2. The number of hydrogen-bond donors (Lipinski definition) is 4. The molecular formula is C38H50ClN3O9. The Bertz CT molecular complexity index is 1700. The molecule has 0 aromatic heterocycles. The Hall–Kier alpha value is -3.81. The molecule has 3 aliphatic rings. The van der Waals surface area contributed by atoms with Crippen LogP contribution in [0.4, 0.5) is 16.2 Å². The Kier molecular flexibility index (Phi) is 11.3. The van der Waals surface area contributed by atoms with Crippen molar-refractivity contribution in [2.75, 3.05) is 31.9 Å². The van der Waals surface area contributed by atoms with Crippen LogP contribution in [-0.4, -0.2) is 85.5 Å². The summed E-state index contributed by atoms with van der Waals surface area (Å²) in [5.41, 5.74) is 7.49. The Morgan fingerprint density at radius 1 is 1.22 bits per heavy atom. The highest BCUT2D eigenvalue weighted by Gasteiger charge is 2.64. The molecule has 2 fully saturated rings. The molecule has 3 aliphatic heterocycles. The van der Waals surface area contributed by atoms with Crippen LogP contribution in [0.3, 0.4) is 0 Å². The Balaban J connectivity index is 1.65. The summed E-state index contributed by atoms with van der Waals surface area (Å²) in [4.78, 5) is 27.6. The zero-order valence-corrected chi connectivity index (χ0v) is 31.2. The van der Waals surface area contributed by atoms with Gasteiger partial charge in [0.25, 0.3) is 0 Å². The Labute approximate surface area is 304 Å². The Morgan fingerprint density at radius 2 is 1.94 bits per heavy atom. The van der Waals surface area contributed by atoms with Crippen molar-refractivity contribution in [2.24, 2.45) is 11.8 Å². The van der Waals surface area contributed by atoms with Crippen LogP contribution in [0.1, 0.15) is 53.0 Å². The van der Waals surface area contributed by atoms with Crippen LogP contribution in [0.2, 0.25) is 5.02 Å². The molecule has 3 heterocycles. The van der Waals surface area contributed by atoms with Gasteiger partial charge in [-0.1, -0.05) is 62.2 Å². The standard InChI is InChI=1S/C38H50ClN3O9/c1-20(2)35(44)50-31-18-32(43)42(6)27-15-23(16-28(47-7)33(27)25-13-12-24(40)17-26(25)39)14-21(3)10-9-11-30(48-8)38(46)19-29(49-36(45)41-38)22(4)34-37(31,5)51-34/h9-13,15-17,20,22,29-32,34,43,46H,14,18-19,40H2,1-8H3,(H,41,45)/b11-9+,21-10+/t22-,29+,30-,31+,32?,34+,37+,38+/m1/s1. The maximum Gasteiger partial charge on any atom is 0.409 e. The number of amides is 1. The van der Waals surface area contributed by atoms with Crippen molar-refractivity contribution in [2.45, 2.75) is 95.9 Å².